The molecule has 3 rings (SSSR count). The van der Waals surface area contributed by atoms with Crippen molar-refractivity contribution in [2.24, 2.45) is 10.8 Å². The van der Waals surface area contributed by atoms with E-state index in [2.05, 4.69) is 0 Å². The third-order valence-electron chi connectivity index (χ3n) is 4.28. The number of rotatable bonds is 3. The molecule has 17 heavy (non-hydrogen) atoms. The second kappa shape index (κ2) is 2.88. The fraction of sp³-hybridized carbons (Fsp3) is 0.385. The Balaban J connectivity index is 1.91. The summed E-state index contributed by atoms with van der Waals surface area (Å²) >= 11 is 0. The van der Waals surface area contributed by atoms with Crippen LogP contribution in [0.25, 0.3) is 0 Å². The van der Waals surface area contributed by atoms with Crippen LogP contribution in [0.4, 0.5) is 0 Å². The van der Waals surface area contributed by atoms with Gasteiger partial charge < -0.3 is 19.8 Å². The monoisotopic (exact) mass is 230 g/mol. The van der Waals surface area contributed by atoms with Crippen LogP contribution in [0.15, 0.2) is 30.3 Å². The molecule has 2 fully saturated rings. The zero-order chi connectivity index (χ0) is 12.3. The van der Waals surface area contributed by atoms with Crippen molar-refractivity contribution < 1.29 is 19.8 Å². The summed E-state index contributed by atoms with van der Waals surface area (Å²) in [6, 6.07) is 9.39. The summed E-state index contributed by atoms with van der Waals surface area (Å²) in [5.41, 5.74) is -1.41. The Hall–Kier alpha value is -1.84. The topological polar surface area (TPSA) is 80.3 Å². The molecular weight excluding hydrogens is 220 g/mol. The van der Waals surface area contributed by atoms with E-state index >= 15 is 0 Å². The normalized spacial score (nSPS) is 32.1. The van der Waals surface area contributed by atoms with Crippen LogP contribution in [0.3, 0.4) is 0 Å². The summed E-state index contributed by atoms with van der Waals surface area (Å²) in [7, 11) is 0. The summed E-state index contributed by atoms with van der Waals surface area (Å²) in [4.78, 5) is 22.1. The van der Waals surface area contributed by atoms with E-state index in [1.165, 1.54) is 0 Å². The summed E-state index contributed by atoms with van der Waals surface area (Å²) in [6.07, 6.45) is 0.739. The summed E-state index contributed by atoms with van der Waals surface area (Å²) in [5.74, 6) is -2.99. The highest BCUT2D eigenvalue weighted by Gasteiger charge is 2.81. The molecule has 0 radical (unpaired) electrons. The number of carboxylic acids is 2. The van der Waals surface area contributed by atoms with Crippen molar-refractivity contribution in [2.45, 2.75) is 18.8 Å². The van der Waals surface area contributed by atoms with Crippen LogP contribution < -0.4 is 10.2 Å². The van der Waals surface area contributed by atoms with Crippen molar-refractivity contribution in [1.29, 1.82) is 0 Å². The van der Waals surface area contributed by atoms with Crippen molar-refractivity contribution >= 4 is 11.9 Å². The Kier molecular flexibility index (Phi) is 1.75. The minimum Gasteiger partial charge on any atom is -0.549 e. The van der Waals surface area contributed by atoms with Crippen molar-refractivity contribution in [3.05, 3.63) is 35.9 Å². The van der Waals surface area contributed by atoms with Crippen molar-refractivity contribution in [2.75, 3.05) is 0 Å². The second-order valence-corrected chi connectivity index (χ2v) is 4.98. The molecule has 0 aromatic heterocycles. The Labute approximate surface area is 97.9 Å². The number of carbonyl (C=O) groups is 2. The number of hydrogen-bond donors (Lipinski definition) is 0. The van der Waals surface area contributed by atoms with Gasteiger partial charge in [0.05, 0.1) is 17.4 Å². The van der Waals surface area contributed by atoms with Crippen molar-refractivity contribution in [3.8, 4) is 0 Å². The molecule has 2 aliphatic carbocycles. The van der Waals surface area contributed by atoms with Gasteiger partial charge in [0, 0.05) is 0 Å². The lowest BCUT2D eigenvalue weighted by Gasteiger charge is -2.19. The fourth-order valence-corrected chi connectivity index (χ4v) is 3.16. The number of hydrogen-bond acceptors (Lipinski definition) is 4. The largest absolute Gasteiger partial charge is 0.549 e. The molecule has 2 atom stereocenters. The van der Waals surface area contributed by atoms with Gasteiger partial charge in [-0.25, -0.2) is 0 Å². The average Bonchev–Trinajstić information content (AvgIpc) is 3.18. The summed E-state index contributed by atoms with van der Waals surface area (Å²) < 4.78 is 0. The number of carbonyl (C=O) groups excluding carboxylic acids is 2. The van der Waals surface area contributed by atoms with Crippen LogP contribution in [0.5, 0.6) is 0 Å². The third-order valence-corrected chi connectivity index (χ3v) is 4.28. The Morgan fingerprint density at radius 2 is 1.71 bits per heavy atom. The van der Waals surface area contributed by atoms with E-state index < -0.39 is 22.8 Å². The number of carboxylic acid groups (broad SMARTS) is 2. The lowest BCUT2D eigenvalue weighted by atomic mass is 9.99. The standard InChI is InChI=1S/C13H12O4/c14-10(15)13(11(16)17)7-12(13)6-9(12)8-4-2-1-3-5-8/h1-5,9H,6-7H2,(H,14,15)(H,16,17)/p-2/t9-,12-/m0/s1. The molecule has 0 amide bonds. The van der Waals surface area contributed by atoms with E-state index in [9.17, 15) is 19.8 Å². The maximum Gasteiger partial charge on any atom is 0.0563 e. The van der Waals surface area contributed by atoms with E-state index in [-0.39, 0.29) is 12.3 Å². The second-order valence-electron chi connectivity index (χ2n) is 4.98. The SMILES string of the molecule is O=C([O-])C1(C(=O)[O-])C[C@]12C[C@H]2c1ccccc1. The fourth-order valence-electron chi connectivity index (χ4n) is 3.16. The first-order chi connectivity index (χ1) is 8.04. The van der Waals surface area contributed by atoms with Crippen LogP contribution in [0, 0.1) is 10.8 Å². The molecule has 2 aliphatic rings. The van der Waals surface area contributed by atoms with Crippen molar-refractivity contribution in [3.63, 3.8) is 0 Å². The van der Waals surface area contributed by atoms with Crippen LogP contribution in [0.2, 0.25) is 0 Å². The highest BCUT2D eigenvalue weighted by atomic mass is 16.4. The van der Waals surface area contributed by atoms with Crippen LogP contribution in [-0.2, 0) is 9.59 Å². The number of benzene rings is 1. The molecule has 2 saturated carbocycles. The lowest BCUT2D eigenvalue weighted by molar-refractivity contribution is -0.336. The predicted octanol–water partition coefficient (Wildman–Crippen LogP) is -0.950. The summed E-state index contributed by atoms with van der Waals surface area (Å²) in [6.45, 7) is 0. The molecule has 0 aliphatic heterocycles. The molecular formula is C13H10O4-2. The van der Waals surface area contributed by atoms with Gasteiger partial charge in [-0.2, -0.15) is 0 Å². The zero-order valence-electron chi connectivity index (χ0n) is 9.01. The van der Waals surface area contributed by atoms with Gasteiger partial charge >= 0.3 is 0 Å². The van der Waals surface area contributed by atoms with Crippen molar-refractivity contribution in [1.82, 2.24) is 0 Å². The first-order valence-electron chi connectivity index (χ1n) is 5.52. The minimum atomic E-state index is -1.76. The van der Waals surface area contributed by atoms with Gasteiger partial charge in [-0.15, -0.1) is 0 Å². The Bertz CT molecular complexity index is 493. The minimum absolute atomic E-state index is 0.0134. The summed E-state index contributed by atoms with van der Waals surface area (Å²) in [5, 5.41) is 22.1. The van der Waals surface area contributed by atoms with E-state index in [0.717, 1.165) is 5.56 Å². The highest BCUT2D eigenvalue weighted by molar-refractivity contribution is 6.03. The maximum absolute atomic E-state index is 11.0. The van der Waals surface area contributed by atoms with Gasteiger partial charge in [0.15, 0.2) is 0 Å². The first-order valence-corrected chi connectivity index (χ1v) is 5.52. The van der Waals surface area contributed by atoms with E-state index in [1.54, 1.807) is 0 Å². The molecule has 88 valence electrons. The molecule has 4 nitrogen and oxygen atoms in total. The van der Waals surface area contributed by atoms with E-state index in [1.807, 2.05) is 30.3 Å². The third kappa shape index (κ3) is 1.07. The Morgan fingerprint density at radius 1 is 1.12 bits per heavy atom. The molecule has 4 heteroatoms. The molecule has 1 aromatic rings. The van der Waals surface area contributed by atoms with Gasteiger partial charge in [0.25, 0.3) is 0 Å². The van der Waals surface area contributed by atoms with Gasteiger partial charge in [-0.1, -0.05) is 30.3 Å². The molecule has 0 saturated heterocycles. The highest BCUT2D eigenvalue weighted by Crippen LogP contribution is 2.84. The first kappa shape index (κ1) is 10.3. The molecule has 1 aromatic carbocycles. The smallest absolute Gasteiger partial charge is 0.0563 e. The lowest BCUT2D eigenvalue weighted by Crippen LogP contribution is -2.47. The van der Waals surface area contributed by atoms with Gasteiger partial charge in [-0.3, -0.25) is 0 Å². The zero-order valence-corrected chi connectivity index (χ0v) is 9.01. The van der Waals surface area contributed by atoms with Gasteiger partial charge in [0.1, 0.15) is 0 Å². The van der Waals surface area contributed by atoms with E-state index in [4.69, 9.17) is 0 Å². The molecule has 0 bridgehead atoms. The molecule has 0 N–H and O–H groups in total. The van der Waals surface area contributed by atoms with E-state index in [0.29, 0.717) is 6.42 Å². The van der Waals surface area contributed by atoms with Crippen LogP contribution in [-0.4, -0.2) is 11.9 Å². The van der Waals surface area contributed by atoms with Crippen LogP contribution in [0.1, 0.15) is 24.3 Å². The molecule has 0 heterocycles. The number of aliphatic carboxylic acids is 2. The Morgan fingerprint density at radius 3 is 2.18 bits per heavy atom. The molecule has 0 unspecified atom stereocenters. The van der Waals surface area contributed by atoms with Gasteiger partial charge in [0.2, 0.25) is 0 Å². The predicted molar refractivity (Wildman–Crippen MR) is 53.3 cm³/mol. The average molecular weight is 230 g/mol. The molecule has 1 spiro atoms. The maximum atomic E-state index is 11.0. The quantitative estimate of drug-likeness (QED) is 0.627. The van der Waals surface area contributed by atoms with Gasteiger partial charge in [-0.05, 0) is 29.7 Å². The van der Waals surface area contributed by atoms with Crippen LogP contribution >= 0.6 is 0 Å².